The molecule has 138 valence electrons. The summed E-state index contributed by atoms with van der Waals surface area (Å²) in [7, 11) is 0. The van der Waals surface area contributed by atoms with Gasteiger partial charge in [0.2, 0.25) is 5.78 Å². The van der Waals surface area contributed by atoms with E-state index in [-0.39, 0.29) is 0 Å². The number of imidazole rings is 2. The Hall–Kier alpha value is -3.37. The largest absolute Gasteiger partial charge is 0.278 e. The second kappa shape index (κ2) is 6.33. The van der Waals surface area contributed by atoms with E-state index in [2.05, 4.69) is 110 Å². The molecule has 29 heavy (non-hydrogen) atoms. The molecule has 0 radical (unpaired) electrons. The molecule has 0 atom stereocenters. The van der Waals surface area contributed by atoms with Gasteiger partial charge in [-0.2, -0.15) is 0 Å². The summed E-state index contributed by atoms with van der Waals surface area (Å²) in [6.07, 6.45) is 0. The lowest BCUT2D eigenvalue weighted by Crippen LogP contribution is -1.95. The van der Waals surface area contributed by atoms with E-state index in [0.29, 0.717) is 0 Å². The highest BCUT2D eigenvalue weighted by atomic mass is 79.9. The Morgan fingerprint density at radius 2 is 1.34 bits per heavy atom. The van der Waals surface area contributed by atoms with E-state index in [4.69, 9.17) is 4.98 Å². The van der Waals surface area contributed by atoms with Gasteiger partial charge < -0.3 is 0 Å². The number of hydrogen-bond acceptors (Lipinski definition) is 1. The molecule has 0 amide bonds. The second-order valence-corrected chi connectivity index (χ2v) is 8.03. The van der Waals surface area contributed by atoms with Crippen molar-refractivity contribution in [1.82, 2.24) is 14.0 Å². The quantitative estimate of drug-likeness (QED) is 0.290. The van der Waals surface area contributed by atoms with E-state index in [0.717, 1.165) is 38.0 Å². The zero-order valence-corrected chi connectivity index (χ0v) is 17.0. The number of fused-ring (bicyclic) bond motifs is 5. The molecular weight excluding hydrogens is 422 g/mol. The van der Waals surface area contributed by atoms with Gasteiger partial charge in [0.15, 0.2) is 0 Å². The fraction of sp³-hybridized carbons (Fsp3) is 0. The summed E-state index contributed by atoms with van der Waals surface area (Å²) in [6, 6.07) is 33.8. The Labute approximate surface area is 176 Å². The van der Waals surface area contributed by atoms with Crippen molar-refractivity contribution in [3.63, 3.8) is 0 Å². The first-order valence-electron chi connectivity index (χ1n) is 9.53. The molecule has 0 aliphatic rings. The number of para-hydroxylation sites is 2. The van der Waals surface area contributed by atoms with Gasteiger partial charge in [-0.15, -0.1) is 0 Å². The van der Waals surface area contributed by atoms with Gasteiger partial charge in [0.25, 0.3) is 0 Å². The molecule has 6 rings (SSSR count). The number of rotatable bonds is 2. The minimum absolute atomic E-state index is 0.923. The monoisotopic (exact) mass is 437 g/mol. The highest BCUT2D eigenvalue weighted by Crippen LogP contribution is 2.31. The summed E-state index contributed by atoms with van der Waals surface area (Å²) >= 11 is 3.63. The Balaban J connectivity index is 1.64. The standard InChI is InChI=1S/C25H16BrN3/c26-19-12-15-23-24(16-19)29-22-9-5-4-8-21(22)27-25(29)28(23)20-13-10-18(11-14-20)17-6-2-1-3-7-17/h1-16H. The van der Waals surface area contributed by atoms with Crippen LogP contribution in [0.3, 0.4) is 0 Å². The molecule has 0 fully saturated rings. The second-order valence-electron chi connectivity index (χ2n) is 7.12. The number of aromatic nitrogens is 3. The van der Waals surface area contributed by atoms with Crippen LogP contribution in [0.2, 0.25) is 0 Å². The fourth-order valence-electron chi connectivity index (χ4n) is 4.06. The zero-order valence-electron chi connectivity index (χ0n) is 15.5. The molecule has 4 heteroatoms. The van der Waals surface area contributed by atoms with Gasteiger partial charge >= 0.3 is 0 Å². The summed E-state index contributed by atoms with van der Waals surface area (Å²) in [4.78, 5) is 4.95. The van der Waals surface area contributed by atoms with Crippen molar-refractivity contribution < 1.29 is 0 Å². The van der Waals surface area contributed by atoms with E-state index < -0.39 is 0 Å². The van der Waals surface area contributed by atoms with E-state index in [9.17, 15) is 0 Å². The Kier molecular flexibility index (Phi) is 3.61. The van der Waals surface area contributed by atoms with Crippen LogP contribution in [0.5, 0.6) is 0 Å². The van der Waals surface area contributed by atoms with Crippen LogP contribution < -0.4 is 0 Å². The van der Waals surface area contributed by atoms with Crippen LogP contribution in [-0.4, -0.2) is 14.0 Å². The normalized spacial score (nSPS) is 11.6. The fourth-order valence-corrected chi connectivity index (χ4v) is 4.41. The molecule has 3 nitrogen and oxygen atoms in total. The summed E-state index contributed by atoms with van der Waals surface area (Å²) in [5.41, 5.74) is 7.91. The number of nitrogens with zero attached hydrogens (tertiary/aromatic N) is 3. The van der Waals surface area contributed by atoms with E-state index in [1.54, 1.807) is 0 Å². The maximum absolute atomic E-state index is 4.95. The van der Waals surface area contributed by atoms with Gasteiger partial charge in [0, 0.05) is 10.2 Å². The van der Waals surface area contributed by atoms with Crippen molar-refractivity contribution in [1.29, 1.82) is 0 Å². The Morgan fingerprint density at radius 1 is 0.621 bits per heavy atom. The lowest BCUT2D eigenvalue weighted by atomic mass is 10.1. The molecule has 0 aliphatic carbocycles. The van der Waals surface area contributed by atoms with Crippen molar-refractivity contribution in [2.75, 3.05) is 0 Å². The third-order valence-electron chi connectivity index (χ3n) is 5.39. The highest BCUT2D eigenvalue weighted by molar-refractivity contribution is 9.10. The highest BCUT2D eigenvalue weighted by Gasteiger charge is 2.17. The maximum atomic E-state index is 4.95. The average Bonchev–Trinajstić information content (AvgIpc) is 3.29. The van der Waals surface area contributed by atoms with Crippen LogP contribution in [0.1, 0.15) is 0 Å². The van der Waals surface area contributed by atoms with Crippen LogP contribution in [0.25, 0.3) is 44.7 Å². The van der Waals surface area contributed by atoms with Crippen molar-refractivity contribution in [3.8, 4) is 16.8 Å². The summed E-state index contributed by atoms with van der Waals surface area (Å²) in [5, 5.41) is 0. The van der Waals surface area contributed by atoms with Gasteiger partial charge in [-0.1, -0.05) is 70.5 Å². The molecule has 2 aromatic heterocycles. The van der Waals surface area contributed by atoms with E-state index in [1.807, 2.05) is 12.1 Å². The van der Waals surface area contributed by atoms with Crippen LogP contribution >= 0.6 is 15.9 Å². The molecular formula is C25H16BrN3. The summed E-state index contributed by atoms with van der Waals surface area (Å²) in [5.74, 6) is 0.923. The lowest BCUT2D eigenvalue weighted by molar-refractivity contribution is 1.11. The Morgan fingerprint density at radius 3 is 2.17 bits per heavy atom. The van der Waals surface area contributed by atoms with Gasteiger partial charge in [0.1, 0.15) is 0 Å². The minimum Gasteiger partial charge on any atom is -0.278 e. The van der Waals surface area contributed by atoms with E-state index in [1.165, 1.54) is 11.1 Å². The predicted molar refractivity (Wildman–Crippen MR) is 123 cm³/mol. The smallest absolute Gasteiger partial charge is 0.220 e. The molecule has 0 bridgehead atoms. The van der Waals surface area contributed by atoms with Crippen LogP contribution in [0.4, 0.5) is 0 Å². The first kappa shape index (κ1) is 16.6. The zero-order chi connectivity index (χ0) is 19.4. The van der Waals surface area contributed by atoms with Crippen LogP contribution in [-0.2, 0) is 0 Å². The van der Waals surface area contributed by atoms with Crippen LogP contribution in [0, 0.1) is 0 Å². The topological polar surface area (TPSA) is 22.2 Å². The molecule has 6 aromatic rings. The van der Waals surface area contributed by atoms with Gasteiger partial charge in [0.05, 0.1) is 22.1 Å². The van der Waals surface area contributed by atoms with Crippen molar-refractivity contribution in [2.24, 2.45) is 0 Å². The third kappa shape index (κ3) is 2.53. The van der Waals surface area contributed by atoms with Gasteiger partial charge in [-0.05, 0) is 53.6 Å². The maximum Gasteiger partial charge on any atom is 0.220 e. The predicted octanol–water partition coefficient (Wildman–Crippen LogP) is 6.86. The molecule has 0 N–H and O–H groups in total. The SMILES string of the molecule is Brc1ccc2c(c1)n1c3ccccc3nc1n2-c1ccc(-c2ccccc2)cc1. The lowest BCUT2D eigenvalue weighted by Gasteiger charge is -2.07. The molecule has 0 saturated heterocycles. The molecule has 0 spiro atoms. The molecule has 4 aromatic carbocycles. The number of halogens is 1. The van der Waals surface area contributed by atoms with Gasteiger partial charge in [-0.3, -0.25) is 8.97 Å². The van der Waals surface area contributed by atoms with Crippen molar-refractivity contribution in [3.05, 3.63) is 102 Å². The minimum atomic E-state index is 0.923. The van der Waals surface area contributed by atoms with Gasteiger partial charge in [-0.25, -0.2) is 4.98 Å². The first-order chi connectivity index (χ1) is 14.3. The summed E-state index contributed by atoms with van der Waals surface area (Å²) < 4.78 is 5.53. The van der Waals surface area contributed by atoms with Crippen molar-refractivity contribution >= 4 is 43.8 Å². The third-order valence-corrected chi connectivity index (χ3v) is 5.89. The summed E-state index contributed by atoms with van der Waals surface area (Å²) in [6.45, 7) is 0. The number of benzene rings is 4. The molecule has 0 aliphatic heterocycles. The number of hydrogen-bond donors (Lipinski definition) is 0. The van der Waals surface area contributed by atoms with E-state index >= 15 is 0 Å². The van der Waals surface area contributed by atoms with Crippen LogP contribution in [0.15, 0.2) is 102 Å². The molecule has 0 unspecified atom stereocenters. The molecule has 2 heterocycles. The Bertz CT molecular complexity index is 1490. The van der Waals surface area contributed by atoms with Crippen molar-refractivity contribution in [2.45, 2.75) is 0 Å². The molecule has 0 saturated carbocycles. The first-order valence-corrected chi connectivity index (χ1v) is 10.3. The average molecular weight is 438 g/mol.